The number of carbonyl (C=O) groups excluding carboxylic acids is 1. The van der Waals surface area contributed by atoms with Crippen LogP contribution in [0.5, 0.6) is 0 Å². The number of aryl methyl sites for hydroxylation is 1. The van der Waals surface area contributed by atoms with Crippen molar-refractivity contribution in [2.45, 2.75) is 52.4 Å². The molecule has 4 nitrogen and oxygen atoms in total. The maximum Gasteiger partial charge on any atom is 0.433 e. The summed E-state index contributed by atoms with van der Waals surface area (Å²) < 4.78 is 40.4. The fourth-order valence-corrected chi connectivity index (χ4v) is 3.07. The zero-order chi connectivity index (χ0) is 15.8. The zero-order valence-electron chi connectivity index (χ0n) is 12.4. The summed E-state index contributed by atoms with van der Waals surface area (Å²) >= 11 is 0. The molecule has 0 aromatic carbocycles. The first-order valence-corrected chi connectivity index (χ1v) is 7.25. The Morgan fingerprint density at radius 3 is 2.57 bits per heavy atom. The number of alkyl halides is 3. The molecule has 0 bridgehead atoms. The van der Waals surface area contributed by atoms with Crippen LogP contribution < -0.4 is 0 Å². The fourth-order valence-electron chi connectivity index (χ4n) is 3.07. The number of amides is 1. The van der Waals surface area contributed by atoms with E-state index in [0.717, 1.165) is 23.7 Å². The molecular formula is C14H20F3N3O. The minimum atomic E-state index is -4.58. The normalized spacial score (nSPS) is 22.9. The first-order chi connectivity index (χ1) is 9.81. The number of halogens is 3. The molecule has 2 rings (SSSR count). The van der Waals surface area contributed by atoms with E-state index in [1.165, 1.54) is 0 Å². The molecule has 0 unspecified atom stereocenters. The third-order valence-corrected chi connectivity index (χ3v) is 4.34. The number of carbonyl (C=O) groups is 1. The van der Waals surface area contributed by atoms with E-state index in [2.05, 4.69) is 5.10 Å². The predicted molar refractivity (Wildman–Crippen MR) is 71.8 cm³/mol. The van der Waals surface area contributed by atoms with Gasteiger partial charge in [-0.1, -0.05) is 13.3 Å². The summed E-state index contributed by atoms with van der Waals surface area (Å²) in [6, 6.07) is -0.0337. The van der Waals surface area contributed by atoms with Crippen LogP contribution in [0.2, 0.25) is 0 Å². The standard InChI is InChI=1S/C14H20F3N3O/c1-4-10-6-7-19(9(10)3)13(21)11-8-18-20(5-2)12(11)14(15,16)17/h8-10H,4-7H2,1-3H3/t9-,10+/m1/s1. The summed E-state index contributed by atoms with van der Waals surface area (Å²) in [5.41, 5.74) is -1.28. The first kappa shape index (κ1) is 15.9. The molecule has 0 spiro atoms. The van der Waals surface area contributed by atoms with Gasteiger partial charge in [-0.15, -0.1) is 0 Å². The molecule has 1 amide bonds. The predicted octanol–water partition coefficient (Wildman–Crippen LogP) is 3.18. The molecule has 0 N–H and O–H groups in total. The summed E-state index contributed by atoms with van der Waals surface area (Å²) in [7, 11) is 0. The summed E-state index contributed by atoms with van der Waals surface area (Å²) in [5, 5.41) is 3.71. The number of likely N-dealkylation sites (tertiary alicyclic amines) is 1. The van der Waals surface area contributed by atoms with Gasteiger partial charge in [0.1, 0.15) is 0 Å². The van der Waals surface area contributed by atoms with Crippen LogP contribution in [-0.4, -0.2) is 33.2 Å². The monoisotopic (exact) mass is 303 g/mol. The molecule has 1 aromatic heterocycles. The van der Waals surface area contributed by atoms with Crippen LogP contribution in [0, 0.1) is 5.92 Å². The second-order valence-corrected chi connectivity index (χ2v) is 5.42. The summed E-state index contributed by atoms with van der Waals surface area (Å²) in [4.78, 5) is 14.0. The fraction of sp³-hybridized carbons (Fsp3) is 0.714. The Morgan fingerprint density at radius 1 is 1.43 bits per heavy atom. The highest BCUT2D eigenvalue weighted by atomic mass is 19.4. The van der Waals surface area contributed by atoms with E-state index in [0.29, 0.717) is 12.5 Å². The van der Waals surface area contributed by atoms with E-state index in [9.17, 15) is 18.0 Å². The Kier molecular flexibility index (Phi) is 4.30. The van der Waals surface area contributed by atoms with E-state index in [4.69, 9.17) is 0 Å². The van der Waals surface area contributed by atoms with E-state index in [1.807, 2.05) is 13.8 Å². The summed E-state index contributed by atoms with van der Waals surface area (Å²) in [5.74, 6) is -0.213. The van der Waals surface area contributed by atoms with Crippen molar-refractivity contribution in [1.82, 2.24) is 14.7 Å². The van der Waals surface area contributed by atoms with E-state index < -0.39 is 17.8 Å². The molecule has 2 atom stereocenters. The molecule has 0 aliphatic carbocycles. The topological polar surface area (TPSA) is 38.1 Å². The molecule has 21 heavy (non-hydrogen) atoms. The third kappa shape index (κ3) is 2.78. The van der Waals surface area contributed by atoms with Crippen molar-refractivity contribution in [3.8, 4) is 0 Å². The second-order valence-electron chi connectivity index (χ2n) is 5.42. The van der Waals surface area contributed by atoms with E-state index in [-0.39, 0.29) is 18.2 Å². The van der Waals surface area contributed by atoms with Gasteiger partial charge in [0, 0.05) is 19.1 Å². The van der Waals surface area contributed by atoms with Crippen molar-refractivity contribution in [1.29, 1.82) is 0 Å². The van der Waals surface area contributed by atoms with Crippen LogP contribution in [0.3, 0.4) is 0 Å². The maximum atomic E-state index is 13.2. The van der Waals surface area contributed by atoms with Crippen LogP contribution in [0.1, 0.15) is 49.7 Å². The lowest BCUT2D eigenvalue weighted by Gasteiger charge is -2.24. The van der Waals surface area contributed by atoms with Crippen LogP contribution in [0.15, 0.2) is 6.20 Å². The van der Waals surface area contributed by atoms with E-state index >= 15 is 0 Å². The Morgan fingerprint density at radius 2 is 2.10 bits per heavy atom. The molecule has 1 fully saturated rings. The molecule has 1 aliphatic rings. The van der Waals surface area contributed by atoms with Gasteiger partial charge in [0.15, 0.2) is 5.69 Å². The molecule has 0 radical (unpaired) electrons. The van der Waals surface area contributed by atoms with Gasteiger partial charge >= 0.3 is 6.18 Å². The van der Waals surface area contributed by atoms with Crippen LogP contribution in [0.25, 0.3) is 0 Å². The molecule has 2 heterocycles. The van der Waals surface area contributed by atoms with Gasteiger partial charge in [0.25, 0.3) is 5.91 Å². The quantitative estimate of drug-likeness (QED) is 0.860. The Balaban J connectivity index is 2.35. The molecule has 118 valence electrons. The van der Waals surface area contributed by atoms with Crippen LogP contribution in [0.4, 0.5) is 13.2 Å². The van der Waals surface area contributed by atoms with Crippen molar-refractivity contribution in [3.05, 3.63) is 17.5 Å². The Bertz CT molecular complexity index is 524. The second kappa shape index (κ2) is 5.69. The van der Waals surface area contributed by atoms with Crippen LogP contribution in [-0.2, 0) is 12.7 Å². The Labute approximate surface area is 121 Å². The molecule has 1 aliphatic heterocycles. The number of aromatic nitrogens is 2. The lowest BCUT2D eigenvalue weighted by Crippen LogP contribution is -2.36. The number of hydrogen-bond acceptors (Lipinski definition) is 2. The SMILES string of the molecule is CC[C@H]1CCN(C(=O)c2cnn(CC)c2C(F)(F)F)[C@@H]1C. The van der Waals surface area contributed by atoms with E-state index in [1.54, 1.807) is 11.8 Å². The molecule has 7 heteroatoms. The zero-order valence-corrected chi connectivity index (χ0v) is 12.4. The number of rotatable bonds is 3. The van der Waals surface area contributed by atoms with Gasteiger partial charge in [-0.05, 0) is 26.2 Å². The van der Waals surface area contributed by atoms with Crippen molar-refractivity contribution in [2.24, 2.45) is 5.92 Å². The minimum absolute atomic E-state index is 0.0337. The van der Waals surface area contributed by atoms with Crippen molar-refractivity contribution in [2.75, 3.05) is 6.54 Å². The molecular weight excluding hydrogens is 283 g/mol. The minimum Gasteiger partial charge on any atom is -0.336 e. The average Bonchev–Trinajstić information content (AvgIpc) is 3.00. The van der Waals surface area contributed by atoms with Crippen molar-refractivity contribution in [3.63, 3.8) is 0 Å². The Hall–Kier alpha value is -1.53. The average molecular weight is 303 g/mol. The van der Waals surface area contributed by atoms with Gasteiger partial charge in [-0.2, -0.15) is 18.3 Å². The van der Waals surface area contributed by atoms with Crippen LogP contribution >= 0.6 is 0 Å². The largest absolute Gasteiger partial charge is 0.433 e. The highest BCUT2D eigenvalue weighted by Gasteiger charge is 2.42. The van der Waals surface area contributed by atoms with Crippen molar-refractivity contribution >= 4 is 5.91 Å². The molecule has 1 aromatic rings. The molecule has 1 saturated heterocycles. The lowest BCUT2D eigenvalue weighted by atomic mass is 9.99. The first-order valence-electron chi connectivity index (χ1n) is 7.25. The summed E-state index contributed by atoms with van der Waals surface area (Å²) in [6.07, 6.45) is -1.77. The van der Waals surface area contributed by atoms with Gasteiger partial charge in [-0.3, -0.25) is 9.48 Å². The number of nitrogens with zero attached hydrogens (tertiary/aromatic N) is 3. The highest BCUT2D eigenvalue weighted by molar-refractivity contribution is 5.95. The number of hydrogen-bond donors (Lipinski definition) is 0. The third-order valence-electron chi connectivity index (χ3n) is 4.34. The maximum absolute atomic E-state index is 13.2. The lowest BCUT2D eigenvalue weighted by molar-refractivity contribution is -0.144. The van der Waals surface area contributed by atoms with Gasteiger partial charge in [-0.25, -0.2) is 0 Å². The highest BCUT2D eigenvalue weighted by Crippen LogP contribution is 2.34. The smallest absolute Gasteiger partial charge is 0.336 e. The van der Waals surface area contributed by atoms with Gasteiger partial charge in [0.2, 0.25) is 0 Å². The van der Waals surface area contributed by atoms with Gasteiger partial charge < -0.3 is 4.90 Å². The summed E-state index contributed by atoms with van der Waals surface area (Å²) in [6.45, 7) is 6.09. The van der Waals surface area contributed by atoms with Crippen molar-refractivity contribution < 1.29 is 18.0 Å². The van der Waals surface area contributed by atoms with Gasteiger partial charge in [0.05, 0.1) is 11.8 Å². The molecule has 0 saturated carbocycles.